The molecule has 0 aromatic carbocycles. The van der Waals surface area contributed by atoms with Gasteiger partial charge in [0.25, 0.3) is 0 Å². The molecule has 3 rings (SSSR count). The summed E-state index contributed by atoms with van der Waals surface area (Å²) >= 11 is 0. The Morgan fingerprint density at radius 1 is 0.455 bits per heavy atom. The molecule has 3 aliphatic rings. The van der Waals surface area contributed by atoms with Crippen LogP contribution in [0, 0.1) is 47.4 Å². The molecule has 4 bridgehead atoms. The largest absolute Gasteiger partial charge is 0.0613 e. The fourth-order valence-electron chi connectivity index (χ4n) is 2.12. The van der Waals surface area contributed by atoms with E-state index in [1.165, 1.54) is 0 Å². The van der Waals surface area contributed by atoms with Gasteiger partial charge in [0.05, 0.1) is 0 Å². The van der Waals surface area contributed by atoms with Crippen LogP contribution in [-0.4, -0.2) is 0 Å². The van der Waals surface area contributed by atoms with Gasteiger partial charge in [0.15, 0.2) is 0 Å². The molecule has 100 valence electrons. The van der Waals surface area contributed by atoms with Crippen molar-refractivity contribution in [1.82, 2.24) is 0 Å². The standard InChI is InChI=1S/C22H12/c1-2-10-20-14-7-8-16-22-12-4-3-11-21(18-22)15-6-5-13-19(9-1)17-20/h1-4,9-12H,17-18H2. The molecule has 0 nitrogen and oxygen atoms in total. The Bertz CT molecular complexity index is 766. The topological polar surface area (TPSA) is 0 Å². The smallest absolute Gasteiger partial charge is 0.0135 e. The van der Waals surface area contributed by atoms with E-state index >= 15 is 0 Å². The van der Waals surface area contributed by atoms with Gasteiger partial charge in [0.2, 0.25) is 0 Å². The van der Waals surface area contributed by atoms with Gasteiger partial charge < -0.3 is 0 Å². The van der Waals surface area contributed by atoms with Crippen LogP contribution in [0.5, 0.6) is 0 Å². The molecule has 0 fully saturated rings. The maximum atomic E-state index is 3.12. The Labute approximate surface area is 131 Å². The first-order valence-corrected chi connectivity index (χ1v) is 7.07. The van der Waals surface area contributed by atoms with Gasteiger partial charge in [-0.15, -0.1) is 0 Å². The van der Waals surface area contributed by atoms with Crippen LogP contribution in [0.25, 0.3) is 0 Å². The third-order valence-electron chi connectivity index (χ3n) is 3.19. The molecule has 0 radical (unpaired) electrons. The molecule has 0 heterocycles. The third kappa shape index (κ3) is 3.84. The minimum Gasteiger partial charge on any atom is -0.0613 e. The Morgan fingerprint density at radius 3 is 1.00 bits per heavy atom. The second-order valence-corrected chi connectivity index (χ2v) is 4.89. The van der Waals surface area contributed by atoms with Gasteiger partial charge in [0.1, 0.15) is 0 Å². The lowest BCUT2D eigenvalue weighted by atomic mass is 10.1. The molecule has 3 aliphatic carbocycles. The van der Waals surface area contributed by atoms with Crippen molar-refractivity contribution in [3.05, 3.63) is 70.9 Å². The van der Waals surface area contributed by atoms with Gasteiger partial charge in [-0.2, -0.15) is 0 Å². The summed E-state index contributed by atoms with van der Waals surface area (Å²) < 4.78 is 0. The number of hydrogen-bond donors (Lipinski definition) is 0. The average Bonchev–Trinajstić information content (AvgIpc) is 2.88. The van der Waals surface area contributed by atoms with E-state index in [1.807, 2.05) is 48.6 Å². The maximum Gasteiger partial charge on any atom is 0.0135 e. The van der Waals surface area contributed by atoms with Crippen molar-refractivity contribution in [3.63, 3.8) is 0 Å². The average molecular weight is 276 g/mol. The molecule has 0 heteroatoms. The van der Waals surface area contributed by atoms with E-state index in [0.717, 1.165) is 35.1 Å². The Morgan fingerprint density at radius 2 is 0.727 bits per heavy atom. The van der Waals surface area contributed by atoms with Gasteiger partial charge in [-0.1, -0.05) is 72.3 Å². The molecular formula is C22H12. The summed E-state index contributed by atoms with van der Waals surface area (Å²) in [6.07, 6.45) is 17.4. The molecule has 0 saturated heterocycles. The zero-order chi connectivity index (χ0) is 15.0. The zero-order valence-electron chi connectivity index (χ0n) is 12.0. The quantitative estimate of drug-likeness (QED) is 0.593. The van der Waals surface area contributed by atoms with E-state index in [4.69, 9.17) is 0 Å². The summed E-state index contributed by atoms with van der Waals surface area (Å²) in [5.74, 6) is 24.2. The van der Waals surface area contributed by atoms with Gasteiger partial charge in [-0.05, 0) is 23.7 Å². The summed E-state index contributed by atoms with van der Waals surface area (Å²) in [5.41, 5.74) is 4.07. The van der Waals surface area contributed by atoms with Crippen LogP contribution in [0.3, 0.4) is 0 Å². The summed E-state index contributed by atoms with van der Waals surface area (Å²) in [5, 5.41) is 0. The molecule has 0 N–H and O–H groups in total. The SMILES string of the molecule is C1#CC2=CC=CC=C(C#CC#CC3=CC=CC=C(C#C1)C3)C2. The third-order valence-corrected chi connectivity index (χ3v) is 3.19. The summed E-state index contributed by atoms with van der Waals surface area (Å²) in [6, 6.07) is 0. The normalized spacial score (nSPS) is 17.5. The van der Waals surface area contributed by atoms with Crippen LogP contribution in [-0.2, 0) is 0 Å². The lowest BCUT2D eigenvalue weighted by molar-refractivity contribution is 1.25. The molecule has 22 heavy (non-hydrogen) atoms. The van der Waals surface area contributed by atoms with Crippen molar-refractivity contribution in [2.75, 3.05) is 0 Å². The molecule has 0 aromatic rings. The monoisotopic (exact) mass is 276 g/mol. The summed E-state index contributed by atoms with van der Waals surface area (Å²) in [4.78, 5) is 0. The van der Waals surface area contributed by atoms with Gasteiger partial charge in [-0.25, -0.2) is 0 Å². The number of allylic oxidation sites excluding steroid dienone is 12. The van der Waals surface area contributed by atoms with Gasteiger partial charge in [0, 0.05) is 35.1 Å². The molecule has 0 atom stereocenters. The number of rotatable bonds is 0. The number of hydrogen-bond acceptors (Lipinski definition) is 0. The lowest BCUT2D eigenvalue weighted by Gasteiger charge is -1.97. The van der Waals surface area contributed by atoms with E-state index in [-0.39, 0.29) is 0 Å². The minimum absolute atomic E-state index is 0.726. The van der Waals surface area contributed by atoms with Crippen LogP contribution in [0.1, 0.15) is 12.8 Å². The van der Waals surface area contributed by atoms with Gasteiger partial charge >= 0.3 is 0 Å². The molecule has 0 saturated carbocycles. The molecule has 0 unspecified atom stereocenters. The Hall–Kier alpha value is -3.32. The van der Waals surface area contributed by atoms with Crippen LogP contribution >= 0.6 is 0 Å². The highest BCUT2D eigenvalue weighted by Gasteiger charge is 2.01. The van der Waals surface area contributed by atoms with Crippen molar-refractivity contribution < 1.29 is 0 Å². The van der Waals surface area contributed by atoms with Crippen LogP contribution < -0.4 is 0 Å². The van der Waals surface area contributed by atoms with E-state index < -0.39 is 0 Å². The fourth-order valence-corrected chi connectivity index (χ4v) is 2.12. The summed E-state index contributed by atoms with van der Waals surface area (Å²) in [6.45, 7) is 0. The van der Waals surface area contributed by atoms with Crippen molar-refractivity contribution in [2.45, 2.75) is 12.8 Å². The molecular weight excluding hydrogens is 264 g/mol. The number of fused-ring (bicyclic) bond motifs is 4. The van der Waals surface area contributed by atoms with Crippen molar-refractivity contribution in [2.24, 2.45) is 0 Å². The molecule has 0 amide bonds. The lowest BCUT2D eigenvalue weighted by Crippen LogP contribution is -1.84. The first-order chi connectivity index (χ1) is 10.9. The van der Waals surface area contributed by atoms with Crippen molar-refractivity contribution in [1.29, 1.82) is 0 Å². The summed E-state index contributed by atoms with van der Waals surface area (Å²) in [7, 11) is 0. The van der Waals surface area contributed by atoms with E-state index in [1.54, 1.807) is 0 Å². The molecule has 0 spiro atoms. The Kier molecular flexibility index (Phi) is 4.29. The van der Waals surface area contributed by atoms with Crippen molar-refractivity contribution >= 4 is 0 Å². The molecule has 0 aliphatic heterocycles. The van der Waals surface area contributed by atoms with Crippen LogP contribution in [0.2, 0.25) is 0 Å². The van der Waals surface area contributed by atoms with Gasteiger partial charge in [-0.3, -0.25) is 0 Å². The predicted octanol–water partition coefficient (Wildman–Crippen LogP) is 3.64. The van der Waals surface area contributed by atoms with E-state index in [9.17, 15) is 0 Å². The highest BCUT2D eigenvalue weighted by Crippen LogP contribution is 2.15. The van der Waals surface area contributed by atoms with E-state index in [2.05, 4.69) is 47.4 Å². The first-order valence-electron chi connectivity index (χ1n) is 7.07. The van der Waals surface area contributed by atoms with Crippen LogP contribution in [0.15, 0.2) is 70.9 Å². The van der Waals surface area contributed by atoms with E-state index in [0.29, 0.717) is 0 Å². The second-order valence-electron chi connectivity index (χ2n) is 4.89. The highest BCUT2D eigenvalue weighted by atomic mass is 14.0. The Balaban J connectivity index is 2.04. The minimum atomic E-state index is 0.726. The highest BCUT2D eigenvalue weighted by molar-refractivity contribution is 5.53. The predicted molar refractivity (Wildman–Crippen MR) is 91.0 cm³/mol. The molecule has 0 aromatic heterocycles. The fraction of sp³-hybridized carbons (Fsp3) is 0.0909. The van der Waals surface area contributed by atoms with Crippen LogP contribution in [0.4, 0.5) is 0 Å². The maximum absolute atomic E-state index is 3.12. The zero-order valence-corrected chi connectivity index (χ0v) is 12.0. The second kappa shape index (κ2) is 6.91. The first kappa shape index (κ1) is 13.7. The van der Waals surface area contributed by atoms with Crippen molar-refractivity contribution in [3.8, 4) is 47.4 Å².